The first-order chi connectivity index (χ1) is 10.1. The summed E-state index contributed by atoms with van der Waals surface area (Å²) in [6.07, 6.45) is 2.73. The molecule has 1 heterocycles. The molecule has 1 saturated heterocycles. The Morgan fingerprint density at radius 2 is 1.81 bits per heavy atom. The van der Waals surface area contributed by atoms with Gasteiger partial charge in [-0.1, -0.05) is 0 Å². The molecule has 6 nitrogen and oxygen atoms in total. The Balaban J connectivity index is 1.90. The quantitative estimate of drug-likeness (QED) is 0.555. The zero-order valence-electron chi connectivity index (χ0n) is 12.0. The topological polar surface area (TPSA) is 99.4 Å². The van der Waals surface area contributed by atoms with Crippen LogP contribution in [0.15, 0.2) is 36.0 Å². The lowest BCUT2D eigenvalue weighted by Gasteiger charge is -2.34. The van der Waals surface area contributed by atoms with Gasteiger partial charge in [0.05, 0.1) is 0 Å². The molecule has 0 bridgehead atoms. The van der Waals surface area contributed by atoms with Crippen LogP contribution < -0.4 is 11.5 Å². The molecule has 2 rings (SSSR count). The Morgan fingerprint density at radius 3 is 2.33 bits per heavy atom. The van der Waals surface area contributed by atoms with Crippen molar-refractivity contribution in [3.63, 3.8) is 0 Å². The number of hydrogen-bond acceptors (Lipinski definition) is 5. The Labute approximate surface area is 124 Å². The number of rotatable bonds is 4. The summed E-state index contributed by atoms with van der Waals surface area (Å²) in [5.41, 5.74) is 13.2. The summed E-state index contributed by atoms with van der Waals surface area (Å²) in [4.78, 5) is 16.4. The van der Waals surface area contributed by atoms with Crippen molar-refractivity contribution in [3.05, 3.63) is 41.6 Å². The van der Waals surface area contributed by atoms with Gasteiger partial charge in [-0.05, 0) is 36.0 Å². The number of anilines is 1. The molecule has 0 spiro atoms. The molecular weight excluding hydrogens is 266 g/mol. The van der Waals surface area contributed by atoms with E-state index in [0.717, 1.165) is 18.7 Å². The minimum atomic E-state index is 0.0382. The predicted molar refractivity (Wildman–Crippen MR) is 84.3 cm³/mol. The van der Waals surface area contributed by atoms with Crippen molar-refractivity contribution in [3.8, 4) is 0 Å². The molecule has 0 aliphatic carbocycles. The zero-order valence-corrected chi connectivity index (χ0v) is 12.0. The second kappa shape index (κ2) is 6.90. The van der Waals surface area contributed by atoms with E-state index in [1.54, 1.807) is 24.3 Å². The normalized spacial score (nSPS) is 16.8. The van der Waals surface area contributed by atoms with E-state index in [-0.39, 0.29) is 5.91 Å². The lowest BCUT2D eigenvalue weighted by molar-refractivity contribution is 0.0649. The molecule has 1 aromatic carbocycles. The molecule has 0 saturated carbocycles. The van der Waals surface area contributed by atoms with Crippen LogP contribution in [-0.2, 0) is 0 Å². The molecule has 0 unspecified atom stereocenters. The van der Waals surface area contributed by atoms with Gasteiger partial charge in [-0.2, -0.15) is 0 Å². The Kier molecular flexibility index (Phi) is 4.94. The van der Waals surface area contributed by atoms with Gasteiger partial charge in [0.15, 0.2) is 0 Å². The number of amides is 1. The average molecular weight is 287 g/mol. The molecule has 0 aromatic heterocycles. The lowest BCUT2D eigenvalue weighted by Crippen LogP contribution is -2.49. The fourth-order valence-electron chi connectivity index (χ4n) is 2.32. The smallest absolute Gasteiger partial charge is 0.253 e. The van der Waals surface area contributed by atoms with Gasteiger partial charge in [-0.25, -0.2) is 0 Å². The van der Waals surface area contributed by atoms with Crippen molar-refractivity contribution >= 4 is 17.8 Å². The van der Waals surface area contributed by atoms with Gasteiger partial charge in [0.2, 0.25) is 0 Å². The highest BCUT2D eigenvalue weighted by Crippen LogP contribution is 2.11. The van der Waals surface area contributed by atoms with Gasteiger partial charge < -0.3 is 21.8 Å². The number of carbonyl (C=O) groups excluding carboxylic acids is 1. The molecule has 21 heavy (non-hydrogen) atoms. The highest BCUT2D eigenvalue weighted by molar-refractivity contribution is 5.94. The van der Waals surface area contributed by atoms with Crippen LogP contribution in [0, 0.1) is 5.41 Å². The molecule has 112 valence electrons. The monoisotopic (exact) mass is 287 g/mol. The van der Waals surface area contributed by atoms with Gasteiger partial charge in [0.1, 0.15) is 0 Å². The minimum absolute atomic E-state index is 0.0382. The summed E-state index contributed by atoms with van der Waals surface area (Å²) in [6.45, 7) is 3.58. The first kappa shape index (κ1) is 15.1. The van der Waals surface area contributed by atoms with Gasteiger partial charge in [0, 0.05) is 50.2 Å². The first-order valence-corrected chi connectivity index (χ1v) is 6.92. The third-order valence-corrected chi connectivity index (χ3v) is 3.62. The maximum Gasteiger partial charge on any atom is 0.253 e. The van der Waals surface area contributed by atoms with Crippen molar-refractivity contribution in [2.75, 3.05) is 38.5 Å². The summed E-state index contributed by atoms with van der Waals surface area (Å²) in [7, 11) is 0. The highest BCUT2D eigenvalue weighted by atomic mass is 16.2. The molecule has 1 fully saturated rings. The molecule has 5 N–H and O–H groups in total. The van der Waals surface area contributed by atoms with Crippen molar-refractivity contribution < 1.29 is 4.79 Å². The second-order valence-electron chi connectivity index (χ2n) is 5.08. The molecular formula is C15H21N5O. The third-order valence-electron chi connectivity index (χ3n) is 3.62. The second-order valence-corrected chi connectivity index (χ2v) is 5.08. The third kappa shape index (κ3) is 3.82. The molecule has 1 aliphatic heterocycles. The van der Waals surface area contributed by atoms with E-state index in [1.807, 2.05) is 4.90 Å². The minimum Gasteiger partial charge on any atom is -0.404 e. The highest BCUT2D eigenvalue weighted by Gasteiger charge is 2.22. The molecule has 0 atom stereocenters. The van der Waals surface area contributed by atoms with E-state index in [9.17, 15) is 4.79 Å². The largest absolute Gasteiger partial charge is 0.404 e. The number of nitrogens with two attached hydrogens (primary N) is 2. The van der Waals surface area contributed by atoms with E-state index in [0.29, 0.717) is 30.9 Å². The molecule has 0 radical (unpaired) electrons. The number of nitrogens with one attached hydrogen (secondary N) is 1. The average Bonchev–Trinajstić information content (AvgIpc) is 2.53. The first-order valence-electron chi connectivity index (χ1n) is 6.92. The maximum atomic E-state index is 12.4. The number of piperazine rings is 1. The van der Waals surface area contributed by atoms with Gasteiger partial charge >= 0.3 is 0 Å². The number of nitrogens with zero attached hydrogens (tertiary/aromatic N) is 2. The van der Waals surface area contributed by atoms with Crippen LogP contribution in [0.3, 0.4) is 0 Å². The van der Waals surface area contributed by atoms with Gasteiger partial charge in [-0.3, -0.25) is 9.69 Å². The fourth-order valence-corrected chi connectivity index (χ4v) is 2.32. The summed E-state index contributed by atoms with van der Waals surface area (Å²) in [6, 6.07) is 7.00. The van der Waals surface area contributed by atoms with E-state index in [4.69, 9.17) is 16.9 Å². The van der Waals surface area contributed by atoms with E-state index in [1.165, 1.54) is 12.4 Å². The maximum absolute atomic E-state index is 12.4. The molecule has 6 heteroatoms. The van der Waals surface area contributed by atoms with Gasteiger partial charge in [-0.15, -0.1) is 0 Å². The SMILES string of the molecule is N=C/C(=C\N)CN1CCN(C(=O)c2ccc(N)cc2)CC1. The van der Waals surface area contributed by atoms with Crippen LogP contribution in [-0.4, -0.2) is 54.6 Å². The molecule has 1 aliphatic rings. The van der Waals surface area contributed by atoms with Crippen LogP contribution in [0.1, 0.15) is 10.4 Å². The van der Waals surface area contributed by atoms with Crippen molar-refractivity contribution in [2.45, 2.75) is 0 Å². The number of benzene rings is 1. The van der Waals surface area contributed by atoms with E-state index in [2.05, 4.69) is 4.90 Å². The summed E-state index contributed by atoms with van der Waals surface area (Å²) < 4.78 is 0. The summed E-state index contributed by atoms with van der Waals surface area (Å²) in [5, 5.41) is 7.24. The molecule has 1 aromatic rings. The Bertz CT molecular complexity index is 529. The van der Waals surface area contributed by atoms with Crippen LogP contribution in [0.5, 0.6) is 0 Å². The summed E-state index contributed by atoms with van der Waals surface area (Å²) >= 11 is 0. The van der Waals surface area contributed by atoms with Crippen molar-refractivity contribution in [2.24, 2.45) is 5.73 Å². The van der Waals surface area contributed by atoms with Crippen molar-refractivity contribution in [1.82, 2.24) is 9.80 Å². The number of nitrogen functional groups attached to an aromatic ring is 1. The Morgan fingerprint density at radius 1 is 1.19 bits per heavy atom. The number of hydrogen-bond donors (Lipinski definition) is 3. The Hall–Kier alpha value is -2.34. The van der Waals surface area contributed by atoms with E-state index < -0.39 is 0 Å². The van der Waals surface area contributed by atoms with E-state index >= 15 is 0 Å². The van der Waals surface area contributed by atoms with Crippen LogP contribution in [0.2, 0.25) is 0 Å². The number of carbonyl (C=O) groups is 1. The van der Waals surface area contributed by atoms with Crippen LogP contribution in [0.25, 0.3) is 0 Å². The fraction of sp³-hybridized carbons (Fsp3) is 0.333. The lowest BCUT2D eigenvalue weighted by atomic mass is 10.1. The summed E-state index contributed by atoms with van der Waals surface area (Å²) in [5.74, 6) is 0.0382. The zero-order chi connectivity index (χ0) is 15.2. The van der Waals surface area contributed by atoms with Crippen LogP contribution >= 0.6 is 0 Å². The van der Waals surface area contributed by atoms with Crippen LogP contribution in [0.4, 0.5) is 5.69 Å². The molecule has 1 amide bonds. The standard InChI is InChI=1S/C15H21N5O/c16-9-12(10-17)11-19-5-7-20(8-6-19)15(21)13-1-3-14(18)4-2-13/h1-4,9-10,16H,5-8,11,17-18H2/b12-10+,16-9?. The van der Waals surface area contributed by atoms with Crippen molar-refractivity contribution in [1.29, 1.82) is 5.41 Å². The van der Waals surface area contributed by atoms with Gasteiger partial charge in [0.25, 0.3) is 5.91 Å². The predicted octanol–water partition coefficient (Wildman–Crippen LogP) is 0.519.